The van der Waals surface area contributed by atoms with Gasteiger partial charge in [0.1, 0.15) is 11.3 Å². The molecule has 244 valence electrons. The molecule has 0 aliphatic heterocycles. The van der Waals surface area contributed by atoms with Gasteiger partial charge in [0.05, 0.1) is 17.9 Å². The second-order valence-electron chi connectivity index (χ2n) is 17.4. The highest BCUT2D eigenvalue weighted by atomic mass is 32.1. The van der Waals surface area contributed by atoms with Crippen LogP contribution in [-0.2, 0) is 9.59 Å². The maximum Gasteiger partial charge on any atom is 0.232 e. The van der Waals surface area contributed by atoms with Gasteiger partial charge in [-0.05, 0) is 115 Å². The topological polar surface area (TPSA) is 88.5 Å². The van der Waals surface area contributed by atoms with E-state index in [-0.39, 0.29) is 50.9 Å². The number of carbonyl (C=O) groups is 2. The molecule has 0 radical (unpaired) electrons. The predicted octanol–water partition coefficient (Wildman–Crippen LogP) is 8.59. The Hall–Kier alpha value is -2.25. The van der Waals surface area contributed by atoms with Gasteiger partial charge in [-0.15, -0.1) is 0 Å². The summed E-state index contributed by atoms with van der Waals surface area (Å²) in [5, 5.41) is 14.8. The van der Waals surface area contributed by atoms with E-state index in [4.69, 9.17) is 9.72 Å². The van der Waals surface area contributed by atoms with Gasteiger partial charge in [-0.2, -0.15) is 0 Å². The molecule has 1 aromatic heterocycles. The SMILES string of the molecule is COc1cccc2sc(NC(=O)[C@@]3(C)CC[C@]4(C)CC[C@]5(C)C(=CC(=O)[C@@H]6[C@@]7(C)CC[C@H](O)C(C)(C)[C@@H]7CC[C@]65C)[C@@H]4C3)nc12. The summed E-state index contributed by atoms with van der Waals surface area (Å²) in [6.07, 6.45) is 10.3. The van der Waals surface area contributed by atoms with Gasteiger partial charge < -0.3 is 15.2 Å². The maximum absolute atomic E-state index is 14.6. The summed E-state index contributed by atoms with van der Waals surface area (Å²) in [6, 6.07) is 5.85. The normalized spacial score (nSPS) is 43.8. The molecule has 0 spiro atoms. The number of allylic oxidation sites excluding steroid dienone is 2. The molecule has 9 atom stereocenters. The molecular weight excluding hydrogens is 580 g/mol. The van der Waals surface area contributed by atoms with Gasteiger partial charge in [0.25, 0.3) is 0 Å². The first-order valence-corrected chi connectivity index (χ1v) is 18.0. The van der Waals surface area contributed by atoms with E-state index in [0.717, 1.165) is 68.0 Å². The molecule has 7 heteroatoms. The fraction of sp³-hybridized carbons (Fsp3) is 0.711. The van der Waals surface area contributed by atoms with Crippen molar-refractivity contribution in [1.29, 1.82) is 0 Å². The fourth-order valence-corrected chi connectivity index (χ4v) is 12.6. The molecule has 45 heavy (non-hydrogen) atoms. The molecular formula is C38H52N2O4S. The lowest BCUT2D eigenvalue weighted by Gasteiger charge is -2.70. The Labute approximate surface area is 272 Å². The number of aromatic nitrogens is 1. The van der Waals surface area contributed by atoms with E-state index in [1.165, 1.54) is 16.9 Å². The van der Waals surface area contributed by atoms with Crippen molar-refractivity contribution in [3.63, 3.8) is 0 Å². The first-order chi connectivity index (χ1) is 21.0. The van der Waals surface area contributed by atoms with Crippen molar-refractivity contribution in [2.45, 2.75) is 112 Å². The first kappa shape index (κ1) is 31.4. The highest BCUT2D eigenvalue weighted by Gasteiger charge is 2.70. The number of fused-ring (bicyclic) bond motifs is 8. The Kier molecular flexibility index (Phi) is 6.89. The van der Waals surface area contributed by atoms with Crippen molar-refractivity contribution in [2.75, 3.05) is 12.4 Å². The highest BCUT2D eigenvalue weighted by Crippen LogP contribution is 2.75. The van der Waals surface area contributed by atoms with Crippen LogP contribution in [0.15, 0.2) is 29.8 Å². The number of para-hydroxylation sites is 1. The van der Waals surface area contributed by atoms with E-state index in [9.17, 15) is 14.7 Å². The van der Waals surface area contributed by atoms with Gasteiger partial charge in [0.2, 0.25) is 5.91 Å². The van der Waals surface area contributed by atoms with Gasteiger partial charge in [-0.1, -0.05) is 71.4 Å². The predicted molar refractivity (Wildman–Crippen MR) is 180 cm³/mol. The summed E-state index contributed by atoms with van der Waals surface area (Å²) in [4.78, 5) is 33.4. The number of hydrogen-bond acceptors (Lipinski definition) is 6. The third-order valence-electron chi connectivity index (χ3n) is 14.9. The monoisotopic (exact) mass is 632 g/mol. The number of ether oxygens (including phenoxy) is 1. The summed E-state index contributed by atoms with van der Waals surface area (Å²) >= 11 is 1.48. The van der Waals surface area contributed by atoms with Crippen molar-refractivity contribution in [1.82, 2.24) is 4.98 Å². The second-order valence-corrected chi connectivity index (χ2v) is 18.4. The van der Waals surface area contributed by atoms with Gasteiger partial charge in [0, 0.05) is 11.3 Å². The standard InChI is InChI=1S/C38H52N2O4S/c1-33(2)27-12-15-38(7)30(36(27,5)14-13-28(33)42)24(41)20-22-23-21-35(4,17-16-34(23,3)18-19-37(22,38)6)31(43)40-32-39-29-25(44-8)10-9-11-26(29)45-32/h9-11,20,23,27-28,30,42H,12-19,21H2,1-8H3,(H,39,40,43)/t23-,27-,28-,30+,34+,35-,36-,37+,38+/m0/s1. The number of carbonyl (C=O) groups excluding carboxylic acids is 2. The molecule has 1 amide bonds. The number of aliphatic hydroxyl groups is 1. The van der Waals surface area contributed by atoms with Crippen molar-refractivity contribution in [3.8, 4) is 5.75 Å². The molecule has 0 bridgehead atoms. The zero-order chi connectivity index (χ0) is 32.4. The van der Waals surface area contributed by atoms with Crippen LogP contribution in [0, 0.1) is 50.2 Å². The van der Waals surface area contributed by atoms with Crippen LogP contribution in [0.25, 0.3) is 10.2 Å². The molecule has 2 N–H and O–H groups in total. The fourth-order valence-electron chi connectivity index (χ4n) is 11.8. The van der Waals surface area contributed by atoms with Crippen molar-refractivity contribution in [2.24, 2.45) is 50.2 Å². The largest absolute Gasteiger partial charge is 0.494 e. The van der Waals surface area contributed by atoms with Crippen LogP contribution >= 0.6 is 11.3 Å². The lowest BCUT2D eigenvalue weighted by molar-refractivity contribution is -0.202. The molecule has 1 aromatic carbocycles. The van der Waals surface area contributed by atoms with E-state index in [1.807, 2.05) is 18.2 Å². The third-order valence-corrected chi connectivity index (χ3v) is 15.9. The van der Waals surface area contributed by atoms with E-state index < -0.39 is 5.41 Å². The lowest BCUT2D eigenvalue weighted by Crippen LogP contribution is -2.66. The van der Waals surface area contributed by atoms with Crippen molar-refractivity contribution in [3.05, 3.63) is 29.8 Å². The quantitative estimate of drug-likeness (QED) is 0.354. The molecule has 0 unspecified atom stereocenters. The minimum Gasteiger partial charge on any atom is -0.494 e. The van der Waals surface area contributed by atoms with Crippen LogP contribution in [-0.4, -0.2) is 35.0 Å². The van der Waals surface area contributed by atoms with E-state index in [0.29, 0.717) is 22.6 Å². The average molecular weight is 633 g/mol. The van der Waals surface area contributed by atoms with E-state index in [2.05, 4.69) is 59.9 Å². The average Bonchev–Trinajstić information content (AvgIpc) is 3.40. The summed E-state index contributed by atoms with van der Waals surface area (Å²) in [5.74, 6) is 1.51. The number of benzene rings is 1. The number of methoxy groups -OCH3 is 1. The summed E-state index contributed by atoms with van der Waals surface area (Å²) in [6.45, 7) is 16.3. The van der Waals surface area contributed by atoms with Crippen LogP contribution in [0.5, 0.6) is 5.75 Å². The summed E-state index contributed by atoms with van der Waals surface area (Å²) in [5.41, 5.74) is 1.06. The molecule has 4 saturated carbocycles. The molecule has 0 saturated heterocycles. The molecule has 6 nitrogen and oxygen atoms in total. The van der Waals surface area contributed by atoms with Gasteiger partial charge in [-0.3, -0.25) is 9.59 Å². The van der Waals surface area contributed by atoms with E-state index >= 15 is 0 Å². The number of nitrogens with one attached hydrogen (secondary N) is 1. The molecule has 5 aliphatic rings. The Bertz CT molecular complexity index is 1610. The number of ketones is 1. The van der Waals surface area contributed by atoms with Gasteiger partial charge >= 0.3 is 0 Å². The van der Waals surface area contributed by atoms with Gasteiger partial charge in [-0.25, -0.2) is 4.98 Å². The van der Waals surface area contributed by atoms with Crippen molar-refractivity contribution >= 4 is 38.4 Å². The Morgan fingerprint density at radius 3 is 2.47 bits per heavy atom. The zero-order valence-electron chi connectivity index (χ0n) is 28.5. The van der Waals surface area contributed by atoms with Crippen LogP contribution in [0.2, 0.25) is 0 Å². The van der Waals surface area contributed by atoms with E-state index in [1.54, 1.807) is 7.11 Å². The number of aliphatic hydroxyl groups excluding tert-OH is 1. The number of rotatable bonds is 3. The van der Waals surface area contributed by atoms with Crippen LogP contribution in [0.3, 0.4) is 0 Å². The Morgan fingerprint density at radius 2 is 1.73 bits per heavy atom. The van der Waals surface area contributed by atoms with Crippen LogP contribution in [0.4, 0.5) is 5.13 Å². The Balaban J connectivity index is 1.22. The second kappa shape index (κ2) is 9.88. The van der Waals surface area contributed by atoms with Crippen LogP contribution in [0.1, 0.15) is 106 Å². The molecule has 5 aliphatic carbocycles. The molecule has 2 aromatic rings. The maximum atomic E-state index is 14.6. The number of anilines is 1. The van der Waals surface area contributed by atoms with Crippen molar-refractivity contribution < 1.29 is 19.4 Å². The van der Waals surface area contributed by atoms with Crippen LogP contribution < -0.4 is 10.1 Å². The zero-order valence-corrected chi connectivity index (χ0v) is 29.3. The highest BCUT2D eigenvalue weighted by molar-refractivity contribution is 7.22. The Morgan fingerprint density at radius 1 is 1.00 bits per heavy atom. The minimum atomic E-state index is -0.556. The first-order valence-electron chi connectivity index (χ1n) is 17.2. The summed E-state index contributed by atoms with van der Waals surface area (Å²) in [7, 11) is 1.64. The number of hydrogen-bond donors (Lipinski definition) is 2. The third kappa shape index (κ3) is 4.17. The van der Waals surface area contributed by atoms with Gasteiger partial charge in [0.15, 0.2) is 10.9 Å². The smallest absolute Gasteiger partial charge is 0.232 e. The molecule has 4 fully saturated rings. The number of thiazole rings is 1. The molecule has 7 rings (SSSR count). The summed E-state index contributed by atoms with van der Waals surface area (Å²) < 4.78 is 6.49. The molecule has 1 heterocycles. The number of amides is 1. The number of nitrogens with zero attached hydrogens (tertiary/aromatic N) is 1. The minimum absolute atomic E-state index is 0.0256. The lowest BCUT2D eigenvalue weighted by atomic mass is 9.33.